The molecule has 0 fully saturated rings. The first-order valence-corrected chi connectivity index (χ1v) is 11.8. The van der Waals surface area contributed by atoms with Crippen LogP contribution in [0.25, 0.3) is 34.3 Å². The summed E-state index contributed by atoms with van der Waals surface area (Å²) in [4.78, 5) is 12.9. The third-order valence-corrected chi connectivity index (χ3v) is 6.13. The monoisotopic (exact) mass is 514 g/mol. The Morgan fingerprint density at radius 3 is 2.47 bits per heavy atom. The molecule has 0 unspecified atom stereocenters. The van der Waals surface area contributed by atoms with Crippen molar-refractivity contribution >= 4 is 35.1 Å². The van der Waals surface area contributed by atoms with Crippen molar-refractivity contribution in [2.45, 2.75) is 0 Å². The molecule has 5 aromatic rings. The van der Waals surface area contributed by atoms with Gasteiger partial charge < -0.3 is 9.15 Å². The number of nitrogens with zero attached hydrogens (tertiary/aromatic N) is 2. The molecule has 0 aliphatic heterocycles. The third kappa shape index (κ3) is 4.98. The number of allylic oxidation sites excluding steroid dienone is 1. The normalized spacial score (nSPS) is 11.2. The van der Waals surface area contributed by atoms with Gasteiger partial charge in [-0.2, -0.15) is 5.10 Å². The molecule has 2 heterocycles. The average molecular weight is 515 g/mol. The first-order valence-electron chi connectivity index (χ1n) is 11.1. The molecular weight excluding hydrogens is 495 g/mol. The highest BCUT2D eigenvalue weighted by atomic mass is 35.5. The van der Waals surface area contributed by atoms with E-state index in [1.54, 1.807) is 48.2 Å². The minimum Gasteiger partial charge on any atom is -0.497 e. The predicted octanol–water partition coefficient (Wildman–Crippen LogP) is 8.01. The average Bonchev–Trinajstić information content (AvgIpc) is 3.56. The fourth-order valence-electron chi connectivity index (χ4n) is 3.75. The lowest BCUT2D eigenvalue weighted by atomic mass is 10.1. The standard InChI is InChI=1S/C29H20Cl2N2O3/c1-35-23-11-7-19(8-12-23)29-20(18-33(32-29)22-5-3-2-4-6-22)9-14-26(34)28-16-15-27(36-28)24-13-10-21(30)17-25(24)31/h2-18H,1H3/b14-9+. The zero-order valence-corrected chi connectivity index (χ0v) is 20.7. The first kappa shape index (κ1) is 23.7. The number of methoxy groups -OCH3 is 1. The molecule has 0 aliphatic rings. The summed E-state index contributed by atoms with van der Waals surface area (Å²) in [6.07, 6.45) is 5.11. The minimum atomic E-state index is -0.278. The number of hydrogen-bond acceptors (Lipinski definition) is 4. The van der Waals surface area contributed by atoms with Crippen molar-refractivity contribution in [2.24, 2.45) is 0 Å². The molecular formula is C29H20Cl2N2O3. The highest BCUT2D eigenvalue weighted by molar-refractivity contribution is 6.36. The summed E-state index contributed by atoms with van der Waals surface area (Å²) in [7, 11) is 1.62. The van der Waals surface area contributed by atoms with Gasteiger partial charge in [-0.25, -0.2) is 4.68 Å². The van der Waals surface area contributed by atoms with E-state index in [0.717, 1.165) is 28.3 Å². The number of hydrogen-bond donors (Lipinski definition) is 0. The molecule has 5 rings (SSSR count). The predicted molar refractivity (Wildman–Crippen MR) is 143 cm³/mol. The molecule has 0 atom stereocenters. The summed E-state index contributed by atoms with van der Waals surface area (Å²) in [5.74, 6) is 1.17. The summed E-state index contributed by atoms with van der Waals surface area (Å²) in [6, 6.07) is 25.9. The second-order valence-corrected chi connectivity index (χ2v) is 8.77. The van der Waals surface area contributed by atoms with Crippen LogP contribution in [-0.2, 0) is 0 Å². The number of halogens is 2. The number of furan rings is 1. The van der Waals surface area contributed by atoms with Crippen molar-refractivity contribution in [3.05, 3.63) is 119 Å². The maximum absolute atomic E-state index is 12.9. The fourth-order valence-corrected chi connectivity index (χ4v) is 4.25. The van der Waals surface area contributed by atoms with Crippen molar-refractivity contribution in [3.63, 3.8) is 0 Å². The lowest BCUT2D eigenvalue weighted by Crippen LogP contribution is -1.94. The van der Waals surface area contributed by atoms with E-state index < -0.39 is 0 Å². The van der Waals surface area contributed by atoms with Crippen LogP contribution in [0.5, 0.6) is 5.75 Å². The van der Waals surface area contributed by atoms with Crippen molar-refractivity contribution in [2.75, 3.05) is 7.11 Å². The molecule has 3 aromatic carbocycles. The van der Waals surface area contributed by atoms with E-state index in [0.29, 0.717) is 21.4 Å². The van der Waals surface area contributed by atoms with Crippen LogP contribution < -0.4 is 4.74 Å². The number of benzene rings is 3. The Balaban J connectivity index is 1.46. The number of ether oxygens (including phenoxy) is 1. The van der Waals surface area contributed by atoms with Crippen LogP contribution >= 0.6 is 23.2 Å². The van der Waals surface area contributed by atoms with Crippen LogP contribution in [0.1, 0.15) is 16.1 Å². The van der Waals surface area contributed by atoms with E-state index >= 15 is 0 Å². The van der Waals surface area contributed by atoms with Crippen molar-refractivity contribution in [1.82, 2.24) is 9.78 Å². The van der Waals surface area contributed by atoms with Gasteiger partial charge in [0.15, 0.2) is 5.76 Å². The Labute approximate surface area is 218 Å². The van der Waals surface area contributed by atoms with Crippen molar-refractivity contribution in [3.8, 4) is 34.0 Å². The highest BCUT2D eigenvalue weighted by Gasteiger charge is 2.15. The molecule has 7 heteroatoms. The lowest BCUT2D eigenvalue weighted by Gasteiger charge is -2.02. The van der Waals surface area contributed by atoms with Gasteiger partial charge in [0, 0.05) is 27.9 Å². The third-order valence-electron chi connectivity index (χ3n) is 5.59. The SMILES string of the molecule is COc1ccc(-c2nn(-c3ccccc3)cc2/C=C/C(=O)c2ccc(-c3ccc(Cl)cc3Cl)o2)cc1. The number of carbonyl (C=O) groups is 1. The van der Waals surface area contributed by atoms with E-state index in [1.165, 1.54) is 6.08 Å². The Bertz CT molecular complexity index is 1550. The Hall–Kier alpha value is -4.06. The van der Waals surface area contributed by atoms with E-state index in [4.69, 9.17) is 37.5 Å². The molecule has 0 aliphatic carbocycles. The topological polar surface area (TPSA) is 57.3 Å². The molecule has 36 heavy (non-hydrogen) atoms. The molecule has 2 aromatic heterocycles. The molecule has 0 amide bonds. The lowest BCUT2D eigenvalue weighted by molar-refractivity contribution is 0.102. The number of para-hydroxylation sites is 1. The number of ketones is 1. The van der Waals surface area contributed by atoms with Crippen molar-refractivity contribution < 1.29 is 13.9 Å². The van der Waals surface area contributed by atoms with Crippen LogP contribution in [0.3, 0.4) is 0 Å². The molecule has 5 nitrogen and oxygen atoms in total. The van der Waals surface area contributed by atoms with E-state index in [2.05, 4.69) is 0 Å². The quantitative estimate of drug-likeness (QED) is 0.163. The largest absolute Gasteiger partial charge is 0.497 e. The van der Waals surface area contributed by atoms with Crippen LogP contribution in [0, 0.1) is 0 Å². The minimum absolute atomic E-state index is 0.203. The van der Waals surface area contributed by atoms with Gasteiger partial charge in [-0.15, -0.1) is 0 Å². The fraction of sp³-hybridized carbons (Fsp3) is 0.0345. The smallest absolute Gasteiger partial charge is 0.221 e. The van der Waals surface area contributed by atoms with Crippen LogP contribution in [0.2, 0.25) is 10.0 Å². The number of rotatable bonds is 7. The summed E-state index contributed by atoms with van der Waals surface area (Å²) in [5, 5.41) is 5.76. The van der Waals surface area contributed by atoms with Gasteiger partial charge >= 0.3 is 0 Å². The van der Waals surface area contributed by atoms with Crippen LogP contribution in [0.15, 0.2) is 102 Å². The van der Waals surface area contributed by atoms with Gasteiger partial charge in [-0.05, 0) is 78.9 Å². The Morgan fingerprint density at radius 1 is 0.972 bits per heavy atom. The second-order valence-electron chi connectivity index (χ2n) is 7.93. The van der Waals surface area contributed by atoms with Crippen LogP contribution in [0.4, 0.5) is 0 Å². The zero-order valence-electron chi connectivity index (χ0n) is 19.2. The molecule has 0 radical (unpaired) electrons. The van der Waals surface area contributed by atoms with Gasteiger partial charge in [0.25, 0.3) is 0 Å². The van der Waals surface area contributed by atoms with E-state index in [-0.39, 0.29) is 11.5 Å². The van der Waals surface area contributed by atoms with E-state index in [9.17, 15) is 4.79 Å². The Kier molecular flexibility index (Phi) is 6.76. The Morgan fingerprint density at radius 2 is 1.75 bits per heavy atom. The molecule has 0 bridgehead atoms. The molecule has 178 valence electrons. The maximum Gasteiger partial charge on any atom is 0.221 e. The van der Waals surface area contributed by atoms with Gasteiger partial charge in [-0.3, -0.25) is 4.79 Å². The van der Waals surface area contributed by atoms with Gasteiger partial charge in [0.2, 0.25) is 5.78 Å². The van der Waals surface area contributed by atoms with E-state index in [1.807, 2.05) is 60.8 Å². The van der Waals surface area contributed by atoms with Gasteiger partial charge in [0.1, 0.15) is 11.5 Å². The van der Waals surface area contributed by atoms with Crippen molar-refractivity contribution in [1.29, 1.82) is 0 Å². The molecule has 0 saturated heterocycles. The second kappa shape index (κ2) is 10.3. The molecule has 0 N–H and O–H groups in total. The number of carbonyl (C=O) groups excluding carboxylic acids is 1. The highest BCUT2D eigenvalue weighted by Crippen LogP contribution is 2.32. The summed E-state index contributed by atoms with van der Waals surface area (Å²) in [6.45, 7) is 0. The van der Waals surface area contributed by atoms with Crippen LogP contribution in [-0.4, -0.2) is 22.7 Å². The number of aromatic nitrogens is 2. The molecule has 0 saturated carbocycles. The summed E-state index contributed by atoms with van der Waals surface area (Å²) >= 11 is 12.3. The maximum atomic E-state index is 12.9. The zero-order chi connectivity index (χ0) is 25.1. The van der Waals surface area contributed by atoms with Gasteiger partial charge in [0.05, 0.1) is 23.5 Å². The first-order chi connectivity index (χ1) is 17.5. The summed E-state index contributed by atoms with van der Waals surface area (Å²) < 4.78 is 12.9. The molecule has 0 spiro atoms. The van der Waals surface area contributed by atoms with Gasteiger partial charge in [-0.1, -0.05) is 41.4 Å². The summed E-state index contributed by atoms with van der Waals surface area (Å²) in [5.41, 5.74) is 3.99.